The Morgan fingerprint density at radius 3 is 2.33 bits per heavy atom. The van der Waals surface area contributed by atoms with E-state index in [-0.39, 0.29) is 0 Å². The third-order valence-corrected chi connectivity index (χ3v) is 4.63. The van der Waals surface area contributed by atoms with Crippen molar-refractivity contribution < 1.29 is 0 Å². The average Bonchev–Trinajstić information content (AvgIpc) is 2.68. The molecule has 0 aromatic rings. The molecule has 2 nitrogen and oxygen atoms in total. The molecule has 4 atom stereocenters. The normalized spacial score (nSPS) is 28.8. The maximum absolute atomic E-state index is 3.61. The van der Waals surface area contributed by atoms with Gasteiger partial charge in [0.25, 0.3) is 0 Å². The van der Waals surface area contributed by atoms with Gasteiger partial charge in [0, 0.05) is 18.1 Å². The predicted molar refractivity (Wildman–Crippen MR) is 80.9 cm³/mol. The number of hydrogen-bond acceptors (Lipinski definition) is 2. The van der Waals surface area contributed by atoms with Crippen LogP contribution in [0.15, 0.2) is 0 Å². The maximum Gasteiger partial charge on any atom is 0.0110 e. The minimum atomic E-state index is 0.701. The molecule has 1 aliphatic rings. The van der Waals surface area contributed by atoms with Gasteiger partial charge in [-0.2, -0.15) is 0 Å². The lowest BCUT2D eigenvalue weighted by Gasteiger charge is -2.37. The van der Waals surface area contributed by atoms with Gasteiger partial charge in [0.1, 0.15) is 0 Å². The van der Waals surface area contributed by atoms with Gasteiger partial charge in [-0.25, -0.2) is 0 Å². The molecule has 1 rings (SSSR count). The SMILES string of the molecule is CCC1CCC(C)N1C(C)C(C)CNCC(C)C. The molecule has 0 saturated carbocycles. The fourth-order valence-electron chi connectivity index (χ4n) is 3.30. The maximum atomic E-state index is 3.61. The molecule has 1 saturated heterocycles. The van der Waals surface area contributed by atoms with Crippen molar-refractivity contribution in [2.24, 2.45) is 11.8 Å². The van der Waals surface area contributed by atoms with Crippen LogP contribution in [0.5, 0.6) is 0 Å². The van der Waals surface area contributed by atoms with E-state index in [9.17, 15) is 0 Å². The summed E-state index contributed by atoms with van der Waals surface area (Å²) in [5.74, 6) is 1.49. The zero-order valence-corrected chi connectivity index (χ0v) is 13.4. The molecule has 1 aliphatic heterocycles. The Balaban J connectivity index is 2.43. The van der Waals surface area contributed by atoms with Crippen LogP contribution >= 0.6 is 0 Å². The van der Waals surface area contributed by atoms with Crippen LogP contribution in [0.2, 0.25) is 0 Å². The van der Waals surface area contributed by atoms with Crippen molar-refractivity contribution in [3.63, 3.8) is 0 Å². The quantitative estimate of drug-likeness (QED) is 0.748. The first kappa shape index (κ1) is 16.0. The monoisotopic (exact) mass is 254 g/mol. The number of rotatable bonds is 7. The van der Waals surface area contributed by atoms with E-state index in [2.05, 4.69) is 51.8 Å². The molecule has 0 amide bonds. The molecule has 18 heavy (non-hydrogen) atoms. The number of nitrogens with one attached hydrogen (secondary N) is 1. The van der Waals surface area contributed by atoms with Crippen molar-refractivity contribution in [3.05, 3.63) is 0 Å². The Kier molecular flexibility index (Phi) is 6.65. The fraction of sp³-hybridized carbons (Fsp3) is 1.00. The van der Waals surface area contributed by atoms with Gasteiger partial charge in [-0.15, -0.1) is 0 Å². The highest BCUT2D eigenvalue weighted by Gasteiger charge is 2.34. The molecule has 2 heteroatoms. The van der Waals surface area contributed by atoms with Gasteiger partial charge in [-0.1, -0.05) is 27.7 Å². The summed E-state index contributed by atoms with van der Waals surface area (Å²) < 4.78 is 0. The Bertz CT molecular complexity index is 227. The predicted octanol–water partition coefficient (Wildman–Crippen LogP) is 3.52. The molecule has 1 heterocycles. The Labute approximate surface area is 115 Å². The number of nitrogens with zero attached hydrogens (tertiary/aromatic N) is 1. The summed E-state index contributed by atoms with van der Waals surface area (Å²) in [5, 5.41) is 3.61. The van der Waals surface area contributed by atoms with Crippen LogP contribution in [0.4, 0.5) is 0 Å². The lowest BCUT2D eigenvalue weighted by molar-refractivity contribution is 0.106. The second-order valence-corrected chi connectivity index (χ2v) is 6.71. The molecule has 4 unspecified atom stereocenters. The number of hydrogen-bond donors (Lipinski definition) is 1. The first-order chi connectivity index (χ1) is 8.47. The molecular formula is C16H34N2. The third-order valence-electron chi connectivity index (χ3n) is 4.63. The third kappa shape index (κ3) is 4.24. The van der Waals surface area contributed by atoms with E-state index in [0.717, 1.165) is 37.0 Å². The topological polar surface area (TPSA) is 15.3 Å². The summed E-state index contributed by atoms with van der Waals surface area (Å²) in [5.41, 5.74) is 0. The lowest BCUT2D eigenvalue weighted by atomic mass is 9.99. The highest BCUT2D eigenvalue weighted by molar-refractivity contribution is 4.89. The van der Waals surface area contributed by atoms with E-state index in [0.29, 0.717) is 6.04 Å². The minimum absolute atomic E-state index is 0.701. The van der Waals surface area contributed by atoms with Gasteiger partial charge < -0.3 is 5.32 Å². The van der Waals surface area contributed by atoms with Crippen molar-refractivity contribution in [2.45, 2.75) is 78.9 Å². The van der Waals surface area contributed by atoms with Gasteiger partial charge in [0.05, 0.1) is 0 Å². The average molecular weight is 254 g/mol. The minimum Gasteiger partial charge on any atom is -0.316 e. The van der Waals surface area contributed by atoms with Crippen LogP contribution in [0.1, 0.15) is 60.8 Å². The van der Waals surface area contributed by atoms with E-state index in [1.54, 1.807) is 0 Å². The summed E-state index contributed by atoms with van der Waals surface area (Å²) in [4.78, 5) is 2.78. The van der Waals surface area contributed by atoms with Gasteiger partial charge in [-0.05, 0) is 58.0 Å². The van der Waals surface area contributed by atoms with E-state index in [1.165, 1.54) is 19.3 Å². The molecule has 108 valence electrons. The van der Waals surface area contributed by atoms with E-state index in [4.69, 9.17) is 0 Å². The smallest absolute Gasteiger partial charge is 0.0110 e. The van der Waals surface area contributed by atoms with E-state index >= 15 is 0 Å². The summed E-state index contributed by atoms with van der Waals surface area (Å²) >= 11 is 0. The summed E-state index contributed by atoms with van der Waals surface area (Å²) in [6.07, 6.45) is 4.09. The summed E-state index contributed by atoms with van der Waals surface area (Å²) in [6, 6.07) is 2.30. The molecule has 0 bridgehead atoms. The van der Waals surface area contributed by atoms with Crippen molar-refractivity contribution in [2.75, 3.05) is 13.1 Å². The zero-order valence-electron chi connectivity index (χ0n) is 13.4. The van der Waals surface area contributed by atoms with Gasteiger partial charge in [-0.3, -0.25) is 4.90 Å². The molecule has 1 fully saturated rings. The van der Waals surface area contributed by atoms with Crippen LogP contribution in [-0.2, 0) is 0 Å². The first-order valence-corrected chi connectivity index (χ1v) is 7.95. The second kappa shape index (κ2) is 7.49. The van der Waals surface area contributed by atoms with E-state index in [1.807, 2.05) is 0 Å². The van der Waals surface area contributed by atoms with Crippen molar-refractivity contribution >= 4 is 0 Å². The molecule has 0 radical (unpaired) electrons. The molecule has 0 aliphatic carbocycles. The molecular weight excluding hydrogens is 220 g/mol. The van der Waals surface area contributed by atoms with Crippen molar-refractivity contribution in [3.8, 4) is 0 Å². The van der Waals surface area contributed by atoms with Crippen LogP contribution in [0.3, 0.4) is 0 Å². The summed E-state index contributed by atoms with van der Waals surface area (Å²) in [7, 11) is 0. The number of likely N-dealkylation sites (tertiary alicyclic amines) is 1. The van der Waals surface area contributed by atoms with Crippen LogP contribution in [-0.4, -0.2) is 36.1 Å². The van der Waals surface area contributed by atoms with Crippen molar-refractivity contribution in [1.82, 2.24) is 10.2 Å². The molecule has 1 N–H and O–H groups in total. The standard InChI is InChI=1S/C16H34N2/c1-7-16-9-8-14(5)18(16)15(6)13(4)11-17-10-12(2)3/h12-17H,7-11H2,1-6H3. The van der Waals surface area contributed by atoms with Gasteiger partial charge >= 0.3 is 0 Å². The summed E-state index contributed by atoms with van der Waals surface area (Å²) in [6.45, 7) is 16.4. The largest absolute Gasteiger partial charge is 0.316 e. The van der Waals surface area contributed by atoms with Gasteiger partial charge in [0.15, 0.2) is 0 Å². The van der Waals surface area contributed by atoms with Crippen LogP contribution < -0.4 is 5.32 Å². The Morgan fingerprint density at radius 1 is 1.11 bits per heavy atom. The highest BCUT2D eigenvalue weighted by Crippen LogP contribution is 2.30. The molecule has 0 aromatic heterocycles. The molecule has 0 spiro atoms. The lowest BCUT2D eigenvalue weighted by Crippen LogP contribution is -2.46. The fourth-order valence-corrected chi connectivity index (χ4v) is 3.30. The highest BCUT2D eigenvalue weighted by atomic mass is 15.2. The van der Waals surface area contributed by atoms with Crippen molar-refractivity contribution in [1.29, 1.82) is 0 Å². The Hall–Kier alpha value is -0.0800. The first-order valence-electron chi connectivity index (χ1n) is 7.95. The molecule has 0 aromatic carbocycles. The van der Waals surface area contributed by atoms with Crippen LogP contribution in [0, 0.1) is 11.8 Å². The van der Waals surface area contributed by atoms with E-state index < -0.39 is 0 Å². The second-order valence-electron chi connectivity index (χ2n) is 6.71. The zero-order chi connectivity index (χ0) is 13.7. The van der Waals surface area contributed by atoms with Crippen LogP contribution in [0.25, 0.3) is 0 Å². The van der Waals surface area contributed by atoms with Gasteiger partial charge in [0.2, 0.25) is 0 Å². The Morgan fingerprint density at radius 2 is 1.78 bits per heavy atom.